The van der Waals surface area contributed by atoms with Crippen LogP contribution in [0.2, 0.25) is 5.02 Å². The number of benzene rings is 1. The van der Waals surface area contributed by atoms with Gasteiger partial charge in [-0.1, -0.05) is 11.6 Å². The van der Waals surface area contributed by atoms with E-state index in [1.54, 1.807) is 4.90 Å². The summed E-state index contributed by atoms with van der Waals surface area (Å²) in [7, 11) is 0. The molecule has 0 N–H and O–H groups in total. The summed E-state index contributed by atoms with van der Waals surface area (Å²) >= 11 is 6.33. The molecule has 2 heterocycles. The lowest BCUT2D eigenvalue weighted by Crippen LogP contribution is -2.54. The van der Waals surface area contributed by atoms with Crippen LogP contribution >= 0.6 is 11.6 Å². The first-order valence-electron chi connectivity index (χ1n) is 10.2. The Labute approximate surface area is 177 Å². The molecule has 1 amide bonds. The van der Waals surface area contributed by atoms with Crippen molar-refractivity contribution in [2.45, 2.75) is 53.2 Å². The van der Waals surface area contributed by atoms with E-state index in [1.165, 1.54) is 0 Å². The molecule has 3 rings (SSSR count). The highest BCUT2D eigenvalue weighted by atomic mass is 35.5. The summed E-state index contributed by atoms with van der Waals surface area (Å²) in [6.07, 6.45) is -0.280. The van der Waals surface area contributed by atoms with E-state index in [0.717, 1.165) is 29.9 Å². The maximum atomic E-state index is 12.4. The van der Waals surface area contributed by atoms with Gasteiger partial charge in [0, 0.05) is 43.8 Å². The van der Waals surface area contributed by atoms with E-state index in [4.69, 9.17) is 25.7 Å². The van der Waals surface area contributed by atoms with Crippen molar-refractivity contribution in [1.29, 1.82) is 0 Å². The number of oxazole rings is 1. The smallest absolute Gasteiger partial charge is 0.410 e. The number of rotatable bonds is 4. The topological polar surface area (TPSA) is 62.1 Å². The van der Waals surface area contributed by atoms with Gasteiger partial charge in [-0.3, -0.25) is 0 Å². The average molecular weight is 423 g/mol. The second kappa shape index (κ2) is 8.30. The molecule has 2 aromatic rings. The van der Waals surface area contributed by atoms with Crippen LogP contribution in [0.25, 0.3) is 11.1 Å². The van der Waals surface area contributed by atoms with Crippen LogP contribution in [0.4, 0.5) is 16.5 Å². The number of carbonyl (C=O) groups is 1. The Kier molecular flexibility index (Phi) is 6.17. The number of hydrogen-bond acceptors (Lipinski definition) is 6. The summed E-state index contributed by atoms with van der Waals surface area (Å²) in [6.45, 7) is 15.3. The van der Waals surface area contributed by atoms with Gasteiger partial charge in [0.1, 0.15) is 11.1 Å². The van der Waals surface area contributed by atoms with E-state index in [1.807, 2.05) is 32.9 Å². The first-order valence-corrected chi connectivity index (χ1v) is 10.6. The third kappa shape index (κ3) is 4.71. The SMILES string of the molecule is CCN(CC)c1cc(Cl)cc2nc(N3CCN(C(=O)OC(C)(C)C)CC3C)oc12. The Morgan fingerprint density at radius 1 is 1.31 bits per heavy atom. The van der Waals surface area contributed by atoms with Gasteiger partial charge in [0.05, 0.1) is 5.69 Å². The van der Waals surface area contributed by atoms with E-state index < -0.39 is 5.60 Å². The monoisotopic (exact) mass is 422 g/mol. The Morgan fingerprint density at radius 2 is 2.00 bits per heavy atom. The zero-order valence-electron chi connectivity index (χ0n) is 18.2. The molecule has 1 unspecified atom stereocenters. The van der Waals surface area contributed by atoms with Crippen LogP contribution in [0.5, 0.6) is 0 Å². The minimum Gasteiger partial charge on any atom is -0.444 e. The van der Waals surface area contributed by atoms with E-state index in [9.17, 15) is 4.79 Å². The number of halogens is 1. The van der Waals surface area contributed by atoms with Gasteiger partial charge in [-0.15, -0.1) is 0 Å². The molecule has 1 atom stereocenters. The number of amides is 1. The van der Waals surface area contributed by atoms with Crippen LogP contribution in [0.15, 0.2) is 16.5 Å². The van der Waals surface area contributed by atoms with Crippen molar-refractivity contribution in [3.8, 4) is 0 Å². The molecule has 0 bridgehead atoms. The van der Waals surface area contributed by atoms with E-state index in [2.05, 4.69) is 30.6 Å². The molecule has 1 fully saturated rings. The third-order valence-electron chi connectivity index (χ3n) is 5.05. The highest BCUT2D eigenvalue weighted by Crippen LogP contribution is 2.34. The lowest BCUT2D eigenvalue weighted by atomic mass is 10.2. The molecule has 0 spiro atoms. The maximum absolute atomic E-state index is 12.4. The molecule has 8 heteroatoms. The van der Waals surface area contributed by atoms with Crippen LogP contribution in [-0.2, 0) is 4.74 Å². The van der Waals surface area contributed by atoms with Crippen LogP contribution in [0.1, 0.15) is 41.5 Å². The standard InChI is InChI=1S/C21H31ClN4O3/c1-7-24(8-2)17-12-15(22)11-16-18(17)28-19(23-16)26-10-9-25(13-14(26)3)20(27)29-21(4,5)6/h11-12,14H,7-10,13H2,1-6H3. The van der Waals surface area contributed by atoms with Gasteiger partial charge in [-0.2, -0.15) is 4.98 Å². The minimum absolute atomic E-state index is 0.0525. The third-order valence-corrected chi connectivity index (χ3v) is 5.27. The van der Waals surface area contributed by atoms with E-state index in [-0.39, 0.29) is 12.1 Å². The van der Waals surface area contributed by atoms with E-state index in [0.29, 0.717) is 30.7 Å². The molecule has 1 aromatic carbocycles. The summed E-state index contributed by atoms with van der Waals surface area (Å²) in [6, 6.07) is 4.37. The van der Waals surface area contributed by atoms with Gasteiger partial charge in [0.15, 0.2) is 5.58 Å². The number of ether oxygens (including phenoxy) is 1. The summed E-state index contributed by atoms with van der Waals surface area (Å²) < 4.78 is 11.7. The molecular formula is C21H31ClN4O3. The zero-order valence-corrected chi connectivity index (χ0v) is 18.9. The fraction of sp³-hybridized carbons (Fsp3) is 0.619. The highest BCUT2D eigenvalue weighted by Gasteiger charge is 2.32. The molecule has 7 nitrogen and oxygen atoms in total. The number of anilines is 2. The van der Waals surface area contributed by atoms with Crippen molar-refractivity contribution in [2.75, 3.05) is 42.5 Å². The molecule has 1 aliphatic rings. The van der Waals surface area contributed by atoms with Gasteiger partial charge in [0.2, 0.25) is 0 Å². The number of hydrogen-bond donors (Lipinski definition) is 0. The zero-order chi connectivity index (χ0) is 21.3. The lowest BCUT2D eigenvalue weighted by molar-refractivity contribution is 0.0216. The Morgan fingerprint density at radius 3 is 2.59 bits per heavy atom. The Bertz CT molecular complexity index is 873. The maximum Gasteiger partial charge on any atom is 0.410 e. The van der Waals surface area contributed by atoms with Crippen molar-refractivity contribution < 1.29 is 13.9 Å². The summed E-state index contributed by atoms with van der Waals surface area (Å²) in [5, 5.41) is 0.641. The Balaban J connectivity index is 1.83. The summed E-state index contributed by atoms with van der Waals surface area (Å²) in [5.41, 5.74) is 1.94. The summed E-state index contributed by atoms with van der Waals surface area (Å²) in [5.74, 6) is 0. The molecule has 0 saturated carbocycles. The number of carbonyl (C=O) groups excluding carboxylic acids is 1. The van der Waals surface area contributed by atoms with Crippen LogP contribution in [0, 0.1) is 0 Å². The molecule has 1 saturated heterocycles. The number of nitrogens with zero attached hydrogens (tertiary/aromatic N) is 4. The fourth-order valence-electron chi connectivity index (χ4n) is 3.63. The fourth-order valence-corrected chi connectivity index (χ4v) is 3.83. The van der Waals surface area contributed by atoms with Gasteiger partial charge in [0.25, 0.3) is 6.01 Å². The molecule has 1 aromatic heterocycles. The van der Waals surface area contributed by atoms with E-state index >= 15 is 0 Å². The molecule has 160 valence electrons. The van der Waals surface area contributed by atoms with Gasteiger partial charge in [-0.05, 0) is 53.7 Å². The van der Waals surface area contributed by atoms with Gasteiger partial charge < -0.3 is 23.9 Å². The van der Waals surface area contributed by atoms with Gasteiger partial charge >= 0.3 is 6.09 Å². The van der Waals surface area contributed by atoms with Gasteiger partial charge in [-0.25, -0.2) is 4.79 Å². The van der Waals surface area contributed by atoms with Crippen LogP contribution < -0.4 is 9.80 Å². The van der Waals surface area contributed by atoms with Crippen molar-refractivity contribution >= 4 is 40.5 Å². The number of fused-ring (bicyclic) bond motifs is 1. The van der Waals surface area contributed by atoms with Crippen molar-refractivity contribution in [3.05, 3.63) is 17.2 Å². The van der Waals surface area contributed by atoms with Crippen molar-refractivity contribution in [2.24, 2.45) is 0 Å². The second-order valence-corrected chi connectivity index (χ2v) is 8.85. The first kappa shape index (κ1) is 21.6. The average Bonchev–Trinajstić information content (AvgIpc) is 3.04. The summed E-state index contributed by atoms with van der Waals surface area (Å²) in [4.78, 5) is 23.1. The Hall–Kier alpha value is -2.15. The van der Waals surface area contributed by atoms with Crippen LogP contribution in [0.3, 0.4) is 0 Å². The molecule has 0 aliphatic carbocycles. The molecule has 0 radical (unpaired) electrons. The second-order valence-electron chi connectivity index (χ2n) is 8.41. The quantitative estimate of drug-likeness (QED) is 0.707. The number of aromatic nitrogens is 1. The normalized spacial score (nSPS) is 17.7. The molecular weight excluding hydrogens is 392 g/mol. The lowest BCUT2D eigenvalue weighted by Gasteiger charge is -2.39. The highest BCUT2D eigenvalue weighted by molar-refractivity contribution is 6.31. The molecule has 1 aliphatic heterocycles. The number of piperazine rings is 1. The minimum atomic E-state index is -0.502. The largest absolute Gasteiger partial charge is 0.444 e. The predicted octanol–water partition coefficient (Wildman–Crippen LogP) is 4.77. The predicted molar refractivity (Wildman–Crippen MR) is 117 cm³/mol. The van der Waals surface area contributed by atoms with Crippen molar-refractivity contribution in [3.63, 3.8) is 0 Å². The molecule has 29 heavy (non-hydrogen) atoms. The van der Waals surface area contributed by atoms with Crippen molar-refractivity contribution in [1.82, 2.24) is 9.88 Å². The van der Waals surface area contributed by atoms with Crippen LogP contribution in [-0.4, -0.2) is 60.3 Å². The first-order chi connectivity index (χ1) is 13.6.